The minimum absolute atomic E-state index is 0.0298. The Morgan fingerprint density at radius 2 is 1.08 bits per heavy atom. The molecule has 0 radical (unpaired) electrons. The van der Waals surface area contributed by atoms with E-state index >= 15 is 0 Å². The summed E-state index contributed by atoms with van der Waals surface area (Å²) in [6.07, 6.45) is 3.62. The van der Waals surface area contributed by atoms with Crippen molar-refractivity contribution in [2.75, 3.05) is 65.7 Å². The minimum atomic E-state index is -0.577. The zero-order valence-electron chi connectivity index (χ0n) is 42.1. The van der Waals surface area contributed by atoms with Crippen LogP contribution in [0.15, 0.2) is 107 Å². The number of fused-ring (bicyclic) bond motifs is 4. The Hall–Kier alpha value is -6.35. The number of pyridine rings is 2. The second-order valence-corrected chi connectivity index (χ2v) is 20.3. The van der Waals surface area contributed by atoms with E-state index in [9.17, 15) is 14.4 Å². The number of benzene rings is 4. The number of aryl methyl sites for hydroxylation is 2. The van der Waals surface area contributed by atoms with Crippen LogP contribution in [0.4, 0.5) is 4.79 Å². The lowest BCUT2D eigenvalue weighted by atomic mass is 10.0. The van der Waals surface area contributed by atoms with Gasteiger partial charge in [0.2, 0.25) is 0 Å². The van der Waals surface area contributed by atoms with Crippen LogP contribution in [-0.4, -0.2) is 113 Å². The van der Waals surface area contributed by atoms with Gasteiger partial charge < -0.3 is 52.8 Å². The lowest BCUT2D eigenvalue weighted by Crippen LogP contribution is -2.49. The van der Waals surface area contributed by atoms with E-state index in [1.54, 1.807) is 12.1 Å². The molecule has 1 N–H and O–H groups in total. The molecule has 0 aliphatic carbocycles. The van der Waals surface area contributed by atoms with Crippen molar-refractivity contribution in [3.63, 3.8) is 0 Å². The van der Waals surface area contributed by atoms with Gasteiger partial charge in [0.15, 0.2) is 23.0 Å². The van der Waals surface area contributed by atoms with Gasteiger partial charge >= 0.3 is 6.09 Å². The Labute approximate surface area is 417 Å². The summed E-state index contributed by atoms with van der Waals surface area (Å²) in [5.41, 5.74) is 6.09. The van der Waals surface area contributed by atoms with Gasteiger partial charge in [-0.25, -0.2) is 4.79 Å². The highest BCUT2D eigenvalue weighted by atomic mass is 16.6. The molecule has 376 valence electrons. The van der Waals surface area contributed by atoms with E-state index in [2.05, 4.69) is 71.4 Å². The fourth-order valence-electron chi connectivity index (χ4n) is 10.3. The van der Waals surface area contributed by atoms with E-state index < -0.39 is 5.60 Å². The maximum absolute atomic E-state index is 13.3. The summed E-state index contributed by atoms with van der Waals surface area (Å²) < 4.78 is 32.4. The number of amides is 1. The molecule has 10 rings (SSSR count). The van der Waals surface area contributed by atoms with Gasteiger partial charge in [0.05, 0.1) is 11.0 Å². The molecule has 6 heterocycles. The first-order valence-electron chi connectivity index (χ1n) is 25.5. The number of nitrogens with one attached hydrogen (secondary N) is 1. The van der Waals surface area contributed by atoms with Crippen molar-refractivity contribution in [2.24, 2.45) is 0 Å². The average molecular weight is 967 g/mol. The Kier molecular flexibility index (Phi) is 15.6. The second-order valence-electron chi connectivity index (χ2n) is 20.3. The van der Waals surface area contributed by atoms with E-state index in [0.29, 0.717) is 45.6 Å². The van der Waals surface area contributed by atoms with E-state index in [1.165, 1.54) is 5.56 Å². The van der Waals surface area contributed by atoms with Gasteiger partial charge in [0.1, 0.15) is 32.0 Å². The number of hydrogen-bond donors (Lipinski definition) is 1. The molecule has 0 bridgehead atoms. The number of carbonyl (C=O) groups excluding carboxylic acids is 1. The van der Waals surface area contributed by atoms with Crippen molar-refractivity contribution in [3.8, 4) is 23.0 Å². The molecule has 0 unspecified atom stereocenters. The molecule has 2 aromatic heterocycles. The van der Waals surface area contributed by atoms with Gasteiger partial charge in [-0.1, -0.05) is 48.5 Å². The number of aromatic nitrogens is 2. The van der Waals surface area contributed by atoms with Crippen LogP contribution in [0, 0.1) is 13.8 Å². The summed E-state index contributed by atoms with van der Waals surface area (Å²) in [5, 5.41) is 5.92. The van der Waals surface area contributed by atoms with Gasteiger partial charge in [-0.2, -0.15) is 0 Å². The topological polar surface area (TPSA) is 129 Å². The maximum atomic E-state index is 13.3. The smallest absolute Gasteiger partial charge is 0.410 e. The zero-order chi connectivity index (χ0) is 49.5. The number of likely N-dealkylation sites (tertiary alicyclic amines) is 2. The molecule has 14 heteroatoms. The van der Waals surface area contributed by atoms with Crippen LogP contribution in [0.3, 0.4) is 0 Å². The molecular formula is C57H70N6O8. The number of para-hydroxylation sites is 2. The summed E-state index contributed by atoms with van der Waals surface area (Å²) in [6.45, 7) is 20.3. The van der Waals surface area contributed by atoms with Crippen LogP contribution >= 0.6 is 0 Å². The molecule has 0 atom stereocenters. The number of piperidine rings is 2. The molecule has 6 aromatic rings. The third kappa shape index (κ3) is 12.4. The molecule has 2 fully saturated rings. The Bertz CT molecular complexity index is 2930. The highest BCUT2D eigenvalue weighted by Crippen LogP contribution is 2.33. The van der Waals surface area contributed by atoms with Gasteiger partial charge in [-0.15, -0.1) is 0 Å². The Morgan fingerprint density at radius 1 is 0.606 bits per heavy atom. The van der Waals surface area contributed by atoms with Crippen molar-refractivity contribution >= 4 is 27.9 Å². The molecule has 14 nitrogen and oxygen atoms in total. The third-order valence-corrected chi connectivity index (χ3v) is 14.1. The lowest BCUT2D eigenvalue weighted by Gasteiger charge is -2.39. The Balaban J connectivity index is 0.000000179. The Morgan fingerprint density at radius 3 is 1.61 bits per heavy atom. The standard InChI is InChI=1S/C31H39N3O5.C26H31N3O3/c1-22-6-5-7-24-9-11-28(35)33(29(22)24)17-16-32-14-12-25(13-15-32)34(30(36)39-31(2,3)4)21-23-8-10-26-27(20-23)38-19-18-37-26;1-19-3-2-4-21-6-8-25(30)29(26(19)21)14-13-28-11-9-22(10-12-28)27-18-20-5-7-23-24(17-20)32-16-15-31-23/h5-11,20,25H,12-19,21H2,1-4H3;2-8,17,22,27H,9-16,18H2,1H3. The number of ether oxygens (including phenoxy) is 5. The molecule has 4 aliphatic heterocycles. The number of carbonyl (C=O) groups is 1. The van der Waals surface area contributed by atoms with Crippen molar-refractivity contribution < 1.29 is 28.5 Å². The highest BCUT2D eigenvalue weighted by Gasteiger charge is 2.32. The number of rotatable bonds is 12. The fraction of sp³-hybridized carbons (Fsp3) is 0.456. The third-order valence-electron chi connectivity index (χ3n) is 14.1. The summed E-state index contributed by atoms with van der Waals surface area (Å²) in [7, 11) is 0. The van der Waals surface area contributed by atoms with Crippen molar-refractivity contribution in [1.29, 1.82) is 0 Å². The first kappa shape index (κ1) is 49.6. The van der Waals surface area contributed by atoms with Crippen LogP contribution in [0.25, 0.3) is 21.8 Å². The molecule has 2 saturated heterocycles. The minimum Gasteiger partial charge on any atom is -0.486 e. The molecular weight excluding hydrogens is 897 g/mol. The first-order valence-corrected chi connectivity index (χ1v) is 25.5. The molecule has 4 aliphatic rings. The van der Waals surface area contributed by atoms with Crippen molar-refractivity contribution in [3.05, 3.63) is 140 Å². The monoisotopic (exact) mass is 967 g/mol. The van der Waals surface area contributed by atoms with E-state index in [4.69, 9.17) is 23.7 Å². The summed E-state index contributed by atoms with van der Waals surface area (Å²) in [4.78, 5) is 45.3. The normalized spacial score (nSPS) is 16.6. The second kappa shape index (κ2) is 22.4. The number of hydrogen-bond acceptors (Lipinski definition) is 11. The van der Waals surface area contributed by atoms with Crippen LogP contribution in [-0.2, 0) is 30.9 Å². The van der Waals surface area contributed by atoms with Crippen LogP contribution in [0.2, 0.25) is 0 Å². The van der Waals surface area contributed by atoms with Crippen molar-refractivity contribution in [1.82, 2.24) is 29.2 Å². The fourth-order valence-corrected chi connectivity index (χ4v) is 10.3. The van der Waals surface area contributed by atoms with Gasteiger partial charge in [0, 0.05) is 76.6 Å². The van der Waals surface area contributed by atoms with Crippen LogP contribution in [0.5, 0.6) is 23.0 Å². The SMILES string of the molecule is Cc1cccc2ccc(=O)n(CCN3CCC(N(Cc4ccc5c(c4)OCCO5)C(=O)OC(C)(C)C)CC3)c12.Cc1cccc2ccc(=O)n(CCN3CCC(NCc4ccc5c(c4)OCCO5)CC3)c12. The molecule has 0 spiro atoms. The summed E-state index contributed by atoms with van der Waals surface area (Å²) in [5.74, 6) is 3.15. The lowest BCUT2D eigenvalue weighted by molar-refractivity contribution is 0.00562. The quantitative estimate of drug-likeness (QED) is 0.127. The highest BCUT2D eigenvalue weighted by molar-refractivity contribution is 5.82. The van der Waals surface area contributed by atoms with E-state index in [-0.39, 0.29) is 23.3 Å². The van der Waals surface area contributed by atoms with Gasteiger partial charge in [-0.05, 0) is 143 Å². The molecule has 71 heavy (non-hydrogen) atoms. The molecule has 1 amide bonds. The summed E-state index contributed by atoms with van der Waals surface area (Å²) in [6, 6.07) is 32.2. The van der Waals surface area contributed by atoms with E-state index in [1.807, 2.05) is 77.3 Å². The van der Waals surface area contributed by atoms with Crippen LogP contribution in [0.1, 0.15) is 68.7 Å². The summed E-state index contributed by atoms with van der Waals surface area (Å²) >= 11 is 0. The predicted molar refractivity (Wildman–Crippen MR) is 278 cm³/mol. The number of nitrogens with zero attached hydrogens (tertiary/aromatic N) is 5. The maximum Gasteiger partial charge on any atom is 0.410 e. The van der Waals surface area contributed by atoms with E-state index in [0.717, 1.165) is 140 Å². The molecule has 4 aromatic carbocycles. The largest absolute Gasteiger partial charge is 0.486 e. The molecule has 0 saturated carbocycles. The average Bonchev–Trinajstić information content (AvgIpc) is 3.37. The van der Waals surface area contributed by atoms with Crippen molar-refractivity contribution in [2.45, 2.75) is 104 Å². The van der Waals surface area contributed by atoms with Crippen LogP contribution < -0.4 is 35.4 Å². The zero-order valence-corrected chi connectivity index (χ0v) is 42.1. The van der Waals surface area contributed by atoms with Gasteiger partial charge in [-0.3, -0.25) is 9.59 Å². The van der Waals surface area contributed by atoms with Gasteiger partial charge in [0.25, 0.3) is 11.1 Å². The predicted octanol–water partition coefficient (Wildman–Crippen LogP) is 8.32. The first-order chi connectivity index (χ1) is 34.3.